The number of hydrogen-bond donors (Lipinski definition) is 0. The molecule has 13 heavy (non-hydrogen) atoms. The summed E-state index contributed by atoms with van der Waals surface area (Å²) in [6.45, 7) is 11.2. The Bertz CT molecular complexity index is 171. The van der Waals surface area contributed by atoms with E-state index in [0.29, 0.717) is 0 Å². The molecule has 0 aromatic carbocycles. The molecule has 0 aromatic rings. The molecule has 0 aliphatic rings. The summed E-state index contributed by atoms with van der Waals surface area (Å²) in [6, 6.07) is 0. The maximum absolute atomic E-state index is 3.38. The van der Waals surface area contributed by atoms with Gasteiger partial charge >= 0.3 is 18.9 Å². The average Bonchev–Trinajstić information content (AvgIpc) is 1.96. The molecule has 0 amide bonds. The first-order chi connectivity index (χ1) is 5.45. The van der Waals surface area contributed by atoms with E-state index in [1.807, 2.05) is 0 Å². The summed E-state index contributed by atoms with van der Waals surface area (Å²) in [5.74, 6) is 4.01. The van der Waals surface area contributed by atoms with Gasteiger partial charge in [-0.1, -0.05) is 33.0 Å². The molecular formula is C11H21LiSi. The van der Waals surface area contributed by atoms with Crippen LogP contribution < -0.4 is 18.9 Å². The Morgan fingerprint density at radius 3 is 2.23 bits per heavy atom. The predicted molar refractivity (Wildman–Crippen MR) is 59.5 cm³/mol. The van der Waals surface area contributed by atoms with Crippen LogP contribution in [0.1, 0.15) is 26.7 Å². The molecule has 0 aliphatic carbocycles. The zero-order valence-corrected chi connectivity index (χ0v) is 11.1. The second kappa shape index (κ2) is 7.75. The first-order valence-electron chi connectivity index (χ1n) is 4.75. The Hall–Kier alpha value is 0.374. The second-order valence-electron chi connectivity index (χ2n) is 4.40. The van der Waals surface area contributed by atoms with Crippen molar-refractivity contribution in [3.63, 3.8) is 0 Å². The summed E-state index contributed by atoms with van der Waals surface area (Å²) < 4.78 is 0. The quantitative estimate of drug-likeness (QED) is 0.344. The first kappa shape index (κ1) is 15.8. The van der Waals surface area contributed by atoms with Crippen LogP contribution in [0.3, 0.4) is 0 Å². The van der Waals surface area contributed by atoms with Crippen LogP contribution >= 0.6 is 0 Å². The van der Waals surface area contributed by atoms with E-state index in [-0.39, 0.29) is 18.9 Å². The number of rotatable bonds is 3. The Morgan fingerprint density at radius 2 is 1.85 bits per heavy atom. The largest absolute Gasteiger partial charge is 1.00 e. The van der Waals surface area contributed by atoms with Crippen molar-refractivity contribution in [3.05, 3.63) is 6.42 Å². The van der Waals surface area contributed by atoms with Crippen molar-refractivity contribution in [2.45, 2.75) is 46.3 Å². The topological polar surface area (TPSA) is 0 Å². The molecule has 1 atom stereocenters. The van der Waals surface area contributed by atoms with Gasteiger partial charge in [0.1, 0.15) is 8.07 Å². The monoisotopic (exact) mass is 188 g/mol. The molecule has 0 aliphatic heterocycles. The van der Waals surface area contributed by atoms with Crippen LogP contribution in [0.15, 0.2) is 0 Å². The second-order valence-corrected chi connectivity index (χ2v) is 9.15. The third kappa shape index (κ3) is 12.4. The van der Waals surface area contributed by atoms with Crippen LogP contribution in [0.4, 0.5) is 0 Å². The van der Waals surface area contributed by atoms with Crippen molar-refractivity contribution >= 4 is 8.07 Å². The smallest absolute Gasteiger partial charge is 0.329 e. The standard InChI is InChI=1S/C11H21Si.Li/c1-6-11(2)9-7-8-10-12(3,4)5;/h6,11H,7,9H2,1-5H3;/q-1;+1/t11-;/m1./s1. The van der Waals surface area contributed by atoms with Gasteiger partial charge in [-0.3, -0.25) is 0 Å². The molecule has 0 spiro atoms. The van der Waals surface area contributed by atoms with E-state index in [0.717, 1.165) is 12.3 Å². The molecule has 0 unspecified atom stereocenters. The third-order valence-electron chi connectivity index (χ3n) is 1.76. The third-order valence-corrected chi connectivity index (χ3v) is 2.68. The van der Waals surface area contributed by atoms with E-state index >= 15 is 0 Å². The van der Waals surface area contributed by atoms with Gasteiger partial charge in [0.05, 0.1) is 0 Å². The Labute approximate surface area is 97.1 Å². The summed E-state index contributed by atoms with van der Waals surface area (Å²) in [7, 11) is -1.11. The van der Waals surface area contributed by atoms with E-state index in [9.17, 15) is 0 Å². The van der Waals surface area contributed by atoms with Gasteiger partial charge in [0.15, 0.2) is 0 Å². The van der Waals surface area contributed by atoms with Crippen molar-refractivity contribution in [2.24, 2.45) is 5.92 Å². The van der Waals surface area contributed by atoms with Gasteiger partial charge in [-0.15, -0.1) is 11.5 Å². The Morgan fingerprint density at radius 1 is 1.31 bits per heavy atom. The minimum absolute atomic E-state index is 0. The van der Waals surface area contributed by atoms with Crippen LogP contribution in [0.5, 0.6) is 0 Å². The summed E-state index contributed by atoms with van der Waals surface area (Å²) in [6.07, 6.45) is 4.53. The molecule has 0 fully saturated rings. The van der Waals surface area contributed by atoms with E-state index in [4.69, 9.17) is 0 Å². The summed E-state index contributed by atoms with van der Waals surface area (Å²) in [4.78, 5) is 0. The minimum Gasteiger partial charge on any atom is -0.329 e. The fraction of sp³-hybridized carbons (Fsp3) is 0.727. The van der Waals surface area contributed by atoms with Crippen molar-refractivity contribution in [3.8, 4) is 11.5 Å². The molecule has 0 heterocycles. The zero-order chi connectivity index (χ0) is 9.61. The van der Waals surface area contributed by atoms with Gasteiger partial charge in [0.2, 0.25) is 0 Å². The van der Waals surface area contributed by atoms with Crippen molar-refractivity contribution in [2.75, 3.05) is 0 Å². The minimum atomic E-state index is -1.11. The van der Waals surface area contributed by atoms with Gasteiger partial charge in [-0.2, -0.15) is 12.8 Å². The fourth-order valence-corrected chi connectivity index (χ4v) is 1.45. The van der Waals surface area contributed by atoms with Crippen LogP contribution in [0, 0.1) is 23.8 Å². The molecule has 70 valence electrons. The molecule has 0 N–H and O–H groups in total. The molecule has 0 saturated heterocycles. The maximum Gasteiger partial charge on any atom is 1.00 e. The van der Waals surface area contributed by atoms with Crippen LogP contribution in [0.25, 0.3) is 0 Å². The van der Waals surface area contributed by atoms with Crippen molar-refractivity contribution in [1.29, 1.82) is 0 Å². The molecule has 2 heteroatoms. The molecule has 0 aromatic heterocycles. The normalized spacial score (nSPS) is 12.4. The van der Waals surface area contributed by atoms with E-state index in [1.165, 1.54) is 6.42 Å². The van der Waals surface area contributed by atoms with E-state index < -0.39 is 8.07 Å². The first-order valence-corrected chi connectivity index (χ1v) is 8.25. The molecule has 0 radical (unpaired) electrons. The van der Waals surface area contributed by atoms with Gasteiger partial charge in [-0.05, 0) is 0 Å². The van der Waals surface area contributed by atoms with Gasteiger partial charge in [-0.25, -0.2) is 0 Å². The summed E-state index contributed by atoms with van der Waals surface area (Å²) in [5.41, 5.74) is 3.38. The van der Waals surface area contributed by atoms with Crippen LogP contribution in [-0.2, 0) is 0 Å². The van der Waals surface area contributed by atoms with Gasteiger partial charge in [0.25, 0.3) is 0 Å². The SMILES string of the molecule is C[CH-][C@@H](C)CCC#C[Si](C)(C)C.[Li+]. The Balaban J connectivity index is 0. The molecule has 0 bridgehead atoms. The van der Waals surface area contributed by atoms with Gasteiger partial charge in [0, 0.05) is 6.42 Å². The van der Waals surface area contributed by atoms with E-state index in [2.05, 4.69) is 51.4 Å². The van der Waals surface area contributed by atoms with Crippen molar-refractivity contribution < 1.29 is 18.9 Å². The Kier molecular flexibility index (Phi) is 9.43. The van der Waals surface area contributed by atoms with Crippen LogP contribution in [-0.4, -0.2) is 8.07 Å². The summed E-state index contributed by atoms with van der Waals surface area (Å²) in [5, 5.41) is 0. The predicted octanol–water partition coefficient (Wildman–Crippen LogP) is 0.512. The van der Waals surface area contributed by atoms with Gasteiger partial charge < -0.3 is 6.42 Å². The molecule has 0 rings (SSSR count). The fourth-order valence-electron chi connectivity index (χ4n) is 0.794. The van der Waals surface area contributed by atoms with E-state index in [1.54, 1.807) is 0 Å². The average molecular weight is 188 g/mol. The summed E-state index contributed by atoms with van der Waals surface area (Å²) >= 11 is 0. The molecular weight excluding hydrogens is 167 g/mol. The molecule has 0 nitrogen and oxygen atoms in total. The maximum atomic E-state index is 3.38. The van der Waals surface area contributed by atoms with Crippen molar-refractivity contribution in [1.82, 2.24) is 0 Å². The zero-order valence-electron chi connectivity index (χ0n) is 10.1. The van der Waals surface area contributed by atoms with Crippen LogP contribution in [0.2, 0.25) is 19.6 Å². The molecule has 0 saturated carbocycles. The number of hydrogen-bond acceptors (Lipinski definition) is 0.